The van der Waals surface area contributed by atoms with Gasteiger partial charge in [0.15, 0.2) is 0 Å². The largest absolute Gasteiger partial charge is 0.326 e. The second-order valence-electron chi connectivity index (χ2n) is 6.01. The molecule has 0 saturated heterocycles. The third kappa shape index (κ3) is 4.15. The minimum absolute atomic E-state index is 0.129. The van der Waals surface area contributed by atoms with E-state index in [1.807, 2.05) is 62.4 Å². The first-order valence-corrected chi connectivity index (χ1v) is 8.97. The number of nitrogens with zero attached hydrogens (tertiary/aromatic N) is 1. The molecule has 0 saturated carbocycles. The Bertz CT molecular complexity index is 979. The third-order valence-corrected chi connectivity index (χ3v) is 4.74. The van der Waals surface area contributed by atoms with Crippen LogP contribution in [0.5, 0.6) is 0 Å². The molecule has 2 amide bonds. The molecule has 0 radical (unpaired) electrons. The number of carbonyl (C=O) groups excluding carboxylic acids is 2. The molecule has 26 heavy (non-hydrogen) atoms. The van der Waals surface area contributed by atoms with E-state index in [-0.39, 0.29) is 11.8 Å². The minimum Gasteiger partial charge on any atom is -0.326 e. The van der Waals surface area contributed by atoms with E-state index >= 15 is 0 Å². The van der Waals surface area contributed by atoms with Gasteiger partial charge in [-0.3, -0.25) is 9.59 Å². The van der Waals surface area contributed by atoms with Crippen LogP contribution in [0, 0.1) is 13.8 Å². The number of rotatable bonds is 4. The summed E-state index contributed by atoms with van der Waals surface area (Å²) in [6, 6.07) is 15.1. The molecule has 0 spiro atoms. The first-order valence-electron chi connectivity index (χ1n) is 8.16. The van der Waals surface area contributed by atoms with Gasteiger partial charge in [0.2, 0.25) is 5.91 Å². The van der Waals surface area contributed by atoms with Crippen molar-refractivity contribution in [3.63, 3.8) is 0 Å². The number of thiazole rings is 1. The summed E-state index contributed by atoms with van der Waals surface area (Å²) in [5.74, 6) is -0.357. The summed E-state index contributed by atoms with van der Waals surface area (Å²) < 4.78 is 0. The van der Waals surface area contributed by atoms with Gasteiger partial charge in [-0.05, 0) is 43.7 Å². The van der Waals surface area contributed by atoms with E-state index in [0.717, 1.165) is 26.7 Å². The fourth-order valence-corrected chi connectivity index (χ4v) is 3.48. The lowest BCUT2D eigenvalue weighted by Gasteiger charge is -2.05. The van der Waals surface area contributed by atoms with Gasteiger partial charge in [0, 0.05) is 28.7 Å². The van der Waals surface area contributed by atoms with Gasteiger partial charge in [-0.1, -0.05) is 24.3 Å². The number of aromatic nitrogens is 1. The Morgan fingerprint density at radius 2 is 1.65 bits per heavy atom. The Balaban J connectivity index is 1.85. The highest BCUT2D eigenvalue weighted by atomic mass is 32.1. The van der Waals surface area contributed by atoms with Crippen molar-refractivity contribution in [2.45, 2.75) is 20.8 Å². The lowest BCUT2D eigenvalue weighted by atomic mass is 10.2. The van der Waals surface area contributed by atoms with Crippen LogP contribution in [0.2, 0.25) is 0 Å². The summed E-state index contributed by atoms with van der Waals surface area (Å²) in [6.45, 7) is 5.32. The Hall–Kier alpha value is -2.99. The van der Waals surface area contributed by atoms with E-state index in [1.54, 1.807) is 0 Å². The van der Waals surface area contributed by atoms with Gasteiger partial charge in [0.1, 0.15) is 10.7 Å². The van der Waals surface area contributed by atoms with Crippen molar-refractivity contribution < 1.29 is 9.59 Å². The molecule has 132 valence electrons. The number of carbonyl (C=O) groups is 2. The standard InChI is InChI=1S/C20H19N3O2S/c1-12-6-4-8-16(10-12)22-19(25)18-13(2)26-20(23-18)15-7-5-9-17(11-15)21-14(3)24/h4-11H,1-3H3,(H,21,24)(H,22,25). The molecular weight excluding hydrogens is 346 g/mol. The smallest absolute Gasteiger partial charge is 0.275 e. The number of anilines is 2. The minimum atomic E-state index is -0.228. The summed E-state index contributed by atoms with van der Waals surface area (Å²) in [7, 11) is 0. The van der Waals surface area contributed by atoms with Crippen LogP contribution in [-0.4, -0.2) is 16.8 Å². The number of hydrogen-bond acceptors (Lipinski definition) is 4. The zero-order valence-electron chi connectivity index (χ0n) is 14.8. The topological polar surface area (TPSA) is 71.1 Å². The molecular formula is C20H19N3O2S. The maximum atomic E-state index is 12.6. The second-order valence-corrected chi connectivity index (χ2v) is 7.21. The summed E-state index contributed by atoms with van der Waals surface area (Å²) >= 11 is 1.45. The average molecular weight is 365 g/mol. The molecule has 2 N–H and O–H groups in total. The van der Waals surface area contributed by atoms with Gasteiger partial charge in [-0.2, -0.15) is 0 Å². The predicted molar refractivity (Wildman–Crippen MR) is 106 cm³/mol. The van der Waals surface area contributed by atoms with Gasteiger partial charge in [0.25, 0.3) is 5.91 Å². The van der Waals surface area contributed by atoms with Crippen molar-refractivity contribution in [2.24, 2.45) is 0 Å². The van der Waals surface area contributed by atoms with Crippen LogP contribution in [0.15, 0.2) is 48.5 Å². The highest BCUT2D eigenvalue weighted by Crippen LogP contribution is 2.29. The highest BCUT2D eigenvalue weighted by molar-refractivity contribution is 7.15. The van der Waals surface area contributed by atoms with Crippen LogP contribution in [-0.2, 0) is 4.79 Å². The molecule has 2 aromatic carbocycles. The molecule has 3 rings (SSSR count). The van der Waals surface area contributed by atoms with Gasteiger partial charge < -0.3 is 10.6 Å². The highest BCUT2D eigenvalue weighted by Gasteiger charge is 2.17. The quantitative estimate of drug-likeness (QED) is 0.708. The average Bonchev–Trinajstić information content (AvgIpc) is 2.96. The molecule has 1 heterocycles. The Morgan fingerprint density at radius 3 is 2.35 bits per heavy atom. The van der Waals surface area contributed by atoms with E-state index < -0.39 is 0 Å². The van der Waals surface area contributed by atoms with Gasteiger partial charge >= 0.3 is 0 Å². The maximum absolute atomic E-state index is 12.6. The molecule has 5 nitrogen and oxygen atoms in total. The molecule has 0 unspecified atom stereocenters. The van der Waals surface area contributed by atoms with Crippen LogP contribution in [0.3, 0.4) is 0 Å². The molecule has 0 fully saturated rings. The number of benzene rings is 2. The fourth-order valence-electron chi connectivity index (χ4n) is 2.58. The lowest BCUT2D eigenvalue weighted by Crippen LogP contribution is -2.13. The summed E-state index contributed by atoms with van der Waals surface area (Å²) in [6.07, 6.45) is 0. The van der Waals surface area contributed by atoms with Gasteiger partial charge in [0.05, 0.1) is 0 Å². The van der Waals surface area contributed by atoms with Gasteiger partial charge in [-0.25, -0.2) is 4.98 Å². The van der Waals surface area contributed by atoms with Crippen molar-refractivity contribution in [3.8, 4) is 10.6 Å². The zero-order valence-corrected chi connectivity index (χ0v) is 15.6. The molecule has 0 atom stereocenters. The van der Waals surface area contributed by atoms with E-state index in [4.69, 9.17) is 0 Å². The molecule has 1 aromatic heterocycles. The lowest BCUT2D eigenvalue weighted by molar-refractivity contribution is -0.114. The normalized spacial score (nSPS) is 10.4. The van der Waals surface area contributed by atoms with Crippen LogP contribution in [0.1, 0.15) is 27.9 Å². The maximum Gasteiger partial charge on any atom is 0.275 e. The molecule has 6 heteroatoms. The Labute approximate surface area is 156 Å². The summed E-state index contributed by atoms with van der Waals surface area (Å²) in [5, 5.41) is 6.39. The van der Waals surface area contributed by atoms with Crippen LogP contribution >= 0.6 is 11.3 Å². The third-order valence-electron chi connectivity index (χ3n) is 3.72. The van der Waals surface area contributed by atoms with Crippen molar-refractivity contribution >= 4 is 34.5 Å². The van der Waals surface area contributed by atoms with Crippen molar-refractivity contribution in [1.82, 2.24) is 4.98 Å². The number of aryl methyl sites for hydroxylation is 2. The fraction of sp³-hybridized carbons (Fsp3) is 0.150. The number of hydrogen-bond donors (Lipinski definition) is 2. The van der Waals surface area contributed by atoms with E-state index in [1.165, 1.54) is 18.3 Å². The van der Waals surface area contributed by atoms with E-state index in [9.17, 15) is 9.59 Å². The molecule has 3 aromatic rings. The summed E-state index contributed by atoms with van der Waals surface area (Å²) in [4.78, 5) is 29.2. The van der Waals surface area contributed by atoms with Gasteiger partial charge in [-0.15, -0.1) is 11.3 Å². The monoisotopic (exact) mass is 365 g/mol. The molecule has 0 bridgehead atoms. The molecule has 0 aliphatic heterocycles. The van der Waals surface area contributed by atoms with Crippen molar-refractivity contribution in [3.05, 3.63) is 64.7 Å². The first kappa shape index (κ1) is 17.8. The van der Waals surface area contributed by atoms with E-state index in [2.05, 4.69) is 15.6 Å². The summed E-state index contributed by atoms with van der Waals surface area (Å²) in [5.41, 5.74) is 3.80. The first-order chi connectivity index (χ1) is 12.4. The van der Waals surface area contributed by atoms with E-state index in [0.29, 0.717) is 11.4 Å². The Kier molecular flexibility index (Phi) is 5.14. The SMILES string of the molecule is CC(=O)Nc1cccc(-c2nc(C(=O)Nc3cccc(C)c3)c(C)s2)c1. The molecule has 0 aliphatic carbocycles. The number of nitrogens with one attached hydrogen (secondary N) is 2. The van der Waals surface area contributed by atoms with Crippen LogP contribution in [0.4, 0.5) is 11.4 Å². The number of amides is 2. The molecule has 0 aliphatic rings. The predicted octanol–water partition coefficient (Wildman–Crippen LogP) is 4.64. The zero-order chi connectivity index (χ0) is 18.7. The van der Waals surface area contributed by atoms with Crippen molar-refractivity contribution in [2.75, 3.05) is 10.6 Å². The van der Waals surface area contributed by atoms with Crippen LogP contribution in [0.25, 0.3) is 10.6 Å². The van der Waals surface area contributed by atoms with Crippen molar-refractivity contribution in [1.29, 1.82) is 0 Å². The second kappa shape index (κ2) is 7.49. The Morgan fingerprint density at radius 1 is 0.962 bits per heavy atom. The van der Waals surface area contributed by atoms with Crippen LogP contribution < -0.4 is 10.6 Å².